The highest BCUT2D eigenvalue weighted by Gasteiger charge is 2.11. The van der Waals surface area contributed by atoms with Crippen LogP contribution in [0.2, 0.25) is 0 Å². The molecule has 0 bridgehead atoms. The predicted molar refractivity (Wildman–Crippen MR) is 56.6 cm³/mol. The highest BCUT2D eigenvalue weighted by atomic mass is 16.1. The number of nitrogens with zero attached hydrogens (tertiary/aromatic N) is 2. The third-order valence-electron chi connectivity index (χ3n) is 2.39. The van der Waals surface area contributed by atoms with Crippen molar-refractivity contribution in [2.75, 3.05) is 0 Å². The molecule has 0 aliphatic carbocycles. The molecular weight excluding hydrogens is 190 g/mol. The van der Waals surface area contributed by atoms with Gasteiger partial charge in [0.2, 0.25) is 0 Å². The SMILES string of the molecule is CC(=O)c1[nH]cc(-c2ccnnc2)c1C. The molecule has 2 aromatic rings. The number of Topliss-reactive ketones (excluding diaryl/α,β-unsaturated/α-hetero) is 1. The standard InChI is InChI=1S/C11H11N3O/c1-7-10(6-12-11(7)8(2)15)9-3-4-13-14-5-9/h3-6,12H,1-2H3. The molecule has 0 aromatic carbocycles. The van der Waals surface area contributed by atoms with Crippen LogP contribution in [-0.4, -0.2) is 21.0 Å². The van der Waals surface area contributed by atoms with Crippen LogP contribution in [0.15, 0.2) is 24.7 Å². The Hall–Kier alpha value is -1.97. The van der Waals surface area contributed by atoms with E-state index in [1.54, 1.807) is 19.3 Å². The molecule has 15 heavy (non-hydrogen) atoms. The first kappa shape index (κ1) is 9.58. The second kappa shape index (κ2) is 3.65. The molecule has 76 valence electrons. The first-order valence-electron chi connectivity index (χ1n) is 4.66. The summed E-state index contributed by atoms with van der Waals surface area (Å²) in [5.41, 5.74) is 3.57. The summed E-state index contributed by atoms with van der Waals surface area (Å²) >= 11 is 0. The molecule has 0 saturated carbocycles. The van der Waals surface area contributed by atoms with Gasteiger partial charge in [0.05, 0.1) is 18.1 Å². The molecule has 0 unspecified atom stereocenters. The van der Waals surface area contributed by atoms with Crippen LogP contribution in [0.3, 0.4) is 0 Å². The van der Waals surface area contributed by atoms with E-state index in [2.05, 4.69) is 15.2 Å². The highest BCUT2D eigenvalue weighted by molar-refractivity contribution is 5.95. The van der Waals surface area contributed by atoms with Gasteiger partial charge in [-0.25, -0.2) is 0 Å². The van der Waals surface area contributed by atoms with Gasteiger partial charge in [-0.2, -0.15) is 10.2 Å². The van der Waals surface area contributed by atoms with Gasteiger partial charge in [-0.3, -0.25) is 4.79 Å². The molecule has 2 aromatic heterocycles. The number of carbonyl (C=O) groups excluding carboxylic acids is 1. The lowest BCUT2D eigenvalue weighted by Crippen LogP contribution is -1.94. The minimum Gasteiger partial charge on any atom is -0.358 e. The van der Waals surface area contributed by atoms with Crippen LogP contribution in [0.25, 0.3) is 11.1 Å². The number of ketones is 1. The van der Waals surface area contributed by atoms with E-state index in [1.807, 2.05) is 19.2 Å². The molecule has 0 radical (unpaired) electrons. The zero-order chi connectivity index (χ0) is 10.8. The fourth-order valence-corrected chi connectivity index (χ4v) is 1.61. The van der Waals surface area contributed by atoms with E-state index in [0.717, 1.165) is 16.7 Å². The topological polar surface area (TPSA) is 58.6 Å². The third-order valence-corrected chi connectivity index (χ3v) is 2.39. The summed E-state index contributed by atoms with van der Waals surface area (Å²) in [6, 6.07) is 1.87. The normalized spacial score (nSPS) is 10.3. The minimum atomic E-state index is 0.0424. The minimum absolute atomic E-state index is 0.0424. The van der Waals surface area contributed by atoms with Gasteiger partial charge >= 0.3 is 0 Å². The van der Waals surface area contributed by atoms with Gasteiger partial charge < -0.3 is 4.98 Å². The van der Waals surface area contributed by atoms with E-state index in [1.165, 1.54) is 0 Å². The van der Waals surface area contributed by atoms with Gasteiger partial charge in [-0.1, -0.05) is 0 Å². The molecule has 0 atom stereocenters. The molecule has 4 nitrogen and oxygen atoms in total. The number of aromatic amines is 1. The first-order valence-corrected chi connectivity index (χ1v) is 4.66. The number of nitrogens with one attached hydrogen (secondary N) is 1. The number of hydrogen-bond donors (Lipinski definition) is 1. The maximum Gasteiger partial charge on any atom is 0.176 e. The van der Waals surface area contributed by atoms with Crippen LogP contribution < -0.4 is 0 Å². The fourth-order valence-electron chi connectivity index (χ4n) is 1.61. The second-order valence-corrected chi connectivity index (χ2v) is 3.39. The summed E-state index contributed by atoms with van der Waals surface area (Å²) in [5.74, 6) is 0.0424. The van der Waals surface area contributed by atoms with Crippen molar-refractivity contribution in [1.82, 2.24) is 15.2 Å². The van der Waals surface area contributed by atoms with Crippen LogP contribution in [-0.2, 0) is 0 Å². The van der Waals surface area contributed by atoms with E-state index in [0.29, 0.717) is 5.69 Å². The quantitative estimate of drug-likeness (QED) is 0.756. The molecule has 0 saturated heterocycles. The summed E-state index contributed by atoms with van der Waals surface area (Å²) in [7, 11) is 0. The van der Waals surface area contributed by atoms with Crippen LogP contribution >= 0.6 is 0 Å². The molecule has 0 aliphatic heterocycles. The molecule has 0 spiro atoms. The summed E-state index contributed by atoms with van der Waals surface area (Å²) in [6.07, 6.45) is 5.14. The number of H-pyrrole nitrogens is 1. The lowest BCUT2D eigenvalue weighted by atomic mass is 10.1. The average Bonchev–Trinajstić information content (AvgIpc) is 2.61. The van der Waals surface area contributed by atoms with Crippen LogP contribution in [0.5, 0.6) is 0 Å². The molecule has 0 aliphatic rings. The maximum atomic E-state index is 11.3. The summed E-state index contributed by atoms with van der Waals surface area (Å²) in [6.45, 7) is 3.47. The van der Waals surface area contributed by atoms with Gasteiger partial charge in [0.25, 0.3) is 0 Å². The maximum absolute atomic E-state index is 11.3. The Kier molecular flexibility index (Phi) is 2.33. The van der Waals surface area contributed by atoms with Crippen molar-refractivity contribution in [3.05, 3.63) is 35.9 Å². The highest BCUT2D eigenvalue weighted by Crippen LogP contribution is 2.24. The summed E-state index contributed by atoms with van der Waals surface area (Å²) < 4.78 is 0. The van der Waals surface area contributed by atoms with Crippen molar-refractivity contribution in [2.45, 2.75) is 13.8 Å². The second-order valence-electron chi connectivity index (χ2n) is 3.39. The van der Waals surface area contributed by atoms with Crippen molar-refractivity contribution >= 4 is 5.78 Å². The fraction of sp³-hybridized carbons (Fsp3) is 0.182. The Morgan fingerprint density at radius 3 is 2.73 bits per heavy atom. The smallest absolute Gasteiger partial charge is 0.176 e. The van der Waals surface area contributed by atoms with Gasteiger partial charge in [0.15, 0.2) is 5.78 Å². The molecule has 2 rings (SSSR count). The Morgan fingerprint density at radius 2 is 2.20 bits per heavy atom. The first-order chi connectivity index (χ1) is 7.20. The number of hydrogen-bond acceptors (Lipinski definition) is 3. The Labute approximate surface area is 87.4 Å². The monoisotopic (exact) mass is 201 g/mol. The number of rotatable bonds is 2. The molecule has 0 fully saturated rings. The van der Waals surface area contributed by atoms with Crippen molar-refractivity contribution in [1.29, 1.82) is 0 Å². The lowest BCUT2D eigenvalue weighted by Gasteiger charge is -1.98. The van der Waals surface area contributed by atoms with Crippen LogP contribution in [0.4, 0.5) is 0 Å². The number of carbonyl (C=O) groups is 1. The third kappa shape index (κ3) is 1.66. The van der Waals surface area contributed by atoms with Gasteiger partial charge in [0.1, 0.15) is 0 Å². The zero-order valence-corrected chi connectivity index (χ0v) is 8.61. The van der Waals surface area contributed by atoms with Crippen molar-refractivity contribution in [2.24, 2.45) is 0 Å². The summed E-state index contributed by atoms with van der Waals surface area (Å²) in [4.78, 5) is 14.2. The molecule has 2 heterocycles. The predicted octanol–water partition coefficient (Wildman–Crippen LogP) is 1.98. The van der Waals surface area contributed by atoms with E-state index >= 15 is 0 Å². The van der Waals surface area contributed by atoms with Crippen LogP contribution in [0.1, 0.15) is 23.0 Å². The van der Waals surface area contributed by atoms with Crippen molar-refractivity contribution < 1.29 is 4.79 Å². The van der Waals surface area contributed by atoms with Gasteiger partial charge in [0, 0.05) is 24.2 Å². The Bertz CT molecular complexity index is 488. The van der Waals surface area contributed by atoms with E-state index < -0.39 is 0 Å². The van der Waals surface area contributed by atoms with E-state index in [-0.39, 0.29) is 5.78 Å². The van der Waals surface area contributed by atoms with Crippen molar-refractivity contribution in [3.63, 3.8) is 0 Å². The Balaban J connectivity index is 2.52. The zero-order valence-electron chi connectivity index (χ0n) is 8.61. The van der Waals surface area contributed by atoms with Gasteiger partial charge in [-0.15, -0.1) is 0 Å². The molecule has 1 N–H and O–H groups in total. The Morgan fingerprint density at radius 1 is 1.40 bits per heavy atom. The van der Waals surface area contributed by atoms with E-state index in [4.69, 9.17) is 0 Å². The largest absolute Gasteiger partial charge is 0.358 e. The lowest BCUT2D eigenvalue weighted by molar-refractivity contribution is 0.101. The molecular formula is C11H11N3O. The summed E-state index contributed by atoms with van der Waals surface area (Å²) in [5, 5.41) is 7.52. The average molecular weight is 201 g/mol. The molecule has 0 amide bonds. The molecule has 4 heteroatoms. The van der Waals surface area contributed by atoms with Crippen LogP contribution in [0, 0.1) is 6.92 Å². The van der Waals surface area contributed by atoms with Gasteiger partial charge in [-0.05, 0) is 18.6 Å². The van der Waals surface area contributed by atoms with E-state index in [9.17, 15) is 4.79 Å². The van der Waals surface area contributed by atoms with Crippen molar-refractivity contribution in [3.8, 4) is 11.1 Å². The number of aromatic nitrogens is 3.